The summed E-state index contributed by atoms with van der Waals surface area (Å²) in [5.41, 5.74) is 1.58. The van der Waals surface area contributed by atoms with Gasteiger partial charge in [0.1, 0.15) is 5.92 Å². The molecule has 0 spiro atoms. The van der Waals surface area contributed by atoms with Crippen molar-refractivity contribution in [2.75, 3.05) is 6.26 Å². The van der Waals surface area contributed by atoms with Crippen LogP contribution in [0.4, 0.5) is 0 Å². The van der Waals surface area contributed by atoms with E-state index in [2.05, 4.69) is 6.07 Å². The maximum Gasteiger partial charge on any atom is 0.186 e. The van der Waals surface area contributed by atoms with Crippen molar-refractivity contribution in [1.29, 1.82) is 5.26 Å². The van der Waals surface area contributed by atoms with Crippen molar-refractivity contribution in [1.82, 2.24) is 0 Å². The molecule has 0 bridgehead atoms. The van der Waals surface area contributed by atoms with E-state index in [1.54, 1.807) is 29.5 Å². The SMILES string of the molecule is CS/C(=C/C(=O)c1ccccc1)C(C#N)c1ccsc1. The first kappa shape index (κ1) is 14.6. The molecule has 1 unspecified atom stereocenters. The third-order valence-electron chi connectivity index (χ3n) is 2.86. The van der Waals surface area contributed by atoms with E-state index in [1.165, 1.54) is 11.8 Å². The van der Waals surface area contributed by atoms with E-state index in [0.717, 1.165) is 10.5 Å². The average molecular weight is 299 g/mol. The van der Waals surface area contributed by atoms with Crippen LogP contribution < -0.4 is 0 Å². The van der Waals surface area contributed by atoms with Gasteiger partial charge in [-0.15, -0.1) is 11.8 Å². The number of thioether (sulfide) groups is 1. The summed E-state index contributed by atoms with van der Waals surface area (Å²) in [6, 6.07) is 13.3. The number of benzene rings is 1. The minimum Gasteiger partial charge on any atom is -0.289 e. The molecule has 0 N–H and O–H groups in total. The number of ketones is 1. The predicted octanol–water partition coefficient (Wildman–Crippen LogP) is 4.49. The van der Waals surface area contributed by atoms with Gasteiger partial charge in [0.2, 0.25) is 0 Å². The van der Waals surface area contributed by atoms with Crippen LogP contribution in [-0.4, -0.2) is 12.0 Å². The summed E-state index contributed by atoms with van der Waals surface area (Å²) in [4.78, 5) is 13.0. The number of thiophene rings is 1. The summed E-state index contributed by atoms with van der Waals surface area (Å²) in [5, 5.41) is 13.3. The van der Waals surface area contributed by atoms with Gasteiger partial charge in [0.05, 0.1) is 6.07 Å². The number of nitriles is 1. The number of hydrogen-bond acceptors (Lipinski definition) is 4. The van der Waals surface area contributed by atoms with Crippen LogP contribution in [0.5, 0.6) is 0 Å². The van der Waals surface area contributed by atoms with Crippen LogP contribution in [0.15, 0.2) is 58.1 Å². The van der Waals surface area contributed by atoms with Gasteiger partial charge in [0.25, 0.3) is 0 Å². The highest BCUT2D eigenvalue weighted by atomic mass is 32.2. The summed E-state index contributed by atoms with van der Waals surface area (Å²) in [6.45, 7) is 0. The van der Waals surface area contributed by atoms with Crippen molar-refractivity contribution in [3.8, 4) is 6.07 Å². The van der Waals surface area contributed by atoms with E-state index in [1.807, 2.05) is 41.3 Å². The lowest BCUT2D eigenvalue weighted by atomic mass is 10.0. The standard InChI is InChI=1S/C16H13NOS2/c1-19-16(14(10-17)13-7-8-20-11-13)9-15(18)12-5-3-2-4-6-12/h2-9,11,14H,1H3/b16-9+. The smallest absolute Gasteiger partial charge is 0.186 e. The minimum atomic E-state index is -0.371. The maximum atomic E-state index is 12.2. The van der Waals surface area contributed by atoms with Crippen LogP contribution in [0, 0.1) is 11.3 Å². The highest BCUT2D eigenvalue weighted by Crippen LogP contribution is 2.32. The molecule has 20 heavy (non-hydrogen) atoms. The van der Waals surface area contributed by atoms with Gasteiger partial charge >= 0.3 is 0 Å². The molecule has 0 aliphatic heterocycles. The Bertz CT molecular complexity index is 639. The summed E-state index contributed by atoms with van der Waals surface area (Å²) in [7, 11) is 0. The first-order chi connectivity index (χ1) is 9.76. The second-order valence-electron chi connectivity index (χ2n) is 4.10. The lowest BCUT2D eigenvalue weighted by Gasteiger charge is -2.10. The van der Waals surface area contributed by atoms with E-state index < -0.39 is 0 Å². The van der Waals surface area contributed by atoms with Crippen LogP contribution in [0.2, 0.25) is 0 Å². The van der Waals surface area contributed by atoms with Crippen molar-refractivity contribution in [2.45, 2.75) is 5.92 Å². The van der Waals surface area contributed by atoms with Gasteiger partial charge in [0.15, 0.2) is 5.78 Å². The zero-order valence-corrected chi connectivity index (χ0v) is 12.6. The zero-order chi connectivity index (χ0) is 14.4. The third-order valence-corrected chi connectivity index (χ3v) is 4.38. The monoisotopic (exact) mass is 299 g/mol. The van der Waals surface area contributed by atoms with Gasteiger partial charge in [-0.25, -0.2) is 0 Å². The summed E-state index contributed by atoms with van der Waals surface area (Å²) >= 11 is 3.00. The lowest BCUT2D eigenvalue weighted by molar-refractivity contribution is 0.104. The Hall–Kier alpha value is -1.83. The van der Waals surface area contributed by atoms with Gasteiger partial charge < -0.3 is 0 Å². The molecule has 2 aromatic rings. The molecule has 2 nitrogen and oxygen atoms in total. The first-order valence-electron chi connectivity index (χ1n) is 6.03. The quantitative estimate of drug-likeness (QED) is 0.603. The van der Waals surface area contributed by atoms with E-state index in [9.17, 15) is 10.1 Å². The molecule has 1 aromatic heterocycles. The fourth-order valence-corrected chi connectivity index (χ4v) is 3.15. The summed E-state index contributed by atoms with van der Waals surface area (Å²) < 4.78 is 0. The molecule has 0 saturated carbocycles. The highest BCUT2D eigenvalue weighted by Gasteiger charge is 2.17. The fourth-order valence-electron chi connectivity index (χ4n) is 1.82. The molecule has 2 rings (SSSR count). The van der Waals surface area contributed by atoms with Crippen molar-refractivity contribution >= 4 is 28.9 Å². The van der Waals surface area contributed by atoms with Crippen molar-refractivity contribution in [3.63, 3.8) is 0 Å². The molecule has 1 atom stereocenters. The van der Waals surface area contributed by atoms with Gasteiger partial charge in [0, 0.05) is 10.5 Å². The Morgan fingerprint density at radius 2 is 2.10 bits per heavy atom. The van der Waals surface area contributed by atoms with Crippen LogP contribution in [0.25, 0.3) is 0 Å². The van der Waals surface area contributed by atoms with Crippen LogP contribution in [-0.2, 0) is 0 Å². The molecule has 0 radical (unpaired) electrons. The van der Waals surface area contributed by atoms with Crippen LogP contribution in [0.3, 0.4) is 0 Å². The molecular weight excluding hydrogens is 286 g/mol. The van der Waals surface area contributed by atoms with E-state index in [0.29, 0.717) is 5.56 Å². The lowest BCUT2D eigenvalue weighted by Crippen LogP contribution is -2.01. The van der Waals surface area contributed by atoms with E-state index in [4.69, 9.17) is 0 Å². The average Bonchev–Trinajstić information content (AvgIpc) is 3.01. The Balaban J connectivity index is 2.30. The number of hydrogen-bond donors (Lipinski definition) is 0. The molecule has 100 valence electrons. The fraction of sp³-hybridized carbons (Fsp3) is 0.125. The zero-order valence-electron chi connectivity index (χ0n) is 10.9. The molecule has 1 heterocycles. The molecule has 0 aliphatic rings. The number of nitrogens with zero attached hydrogens (tertiary/aromatic N) is 1. The highest BCUT2D eigenvalue weighted by molar-refractivity contribution is 8.02. The third kappa shape index (κ3) is 3.38. The van der Waals surface area contributed by atoms with Gasteiger partial charge in [-0.1, -0.05) is 30.3 Å². The number of allylic oxidation sites excluding steroid dienone is 2. The van der Waals surface area contributed by atoms with Gasteiger partial charge in [-0.3, -0.25) is 4.79 Å². The van der Waals surface area contributed by atoms with E-state index >= 15 is 0 Å². The Morgan fingerprint density at radius 1 is 1.35 bits per heavy atom. The maximum absolute atomic E-state index is 12.2. The number of carbonyl (C=O) groups is 1. The molecule has 0 saturated heterocycles. The second kappa shape index (κ2) is 7.09. The Labute approximate surface area is 126 Å². The second-order valence-corrected chi connectivity index (χ2v) is 5.76. The topological polar surface area (TPSA) is 40.9 Å². The van der Waals surface area contributed by atoms with Crippen LogP contribution >= 0.6 is 23.1 Å². The van der Waals surface area contributed by atoms with Crippen molar-refractivity contribution in [2.24, 2.45) is 0 Å². The number of rotatable bonds is 5. The molecule has 1 aromatic carbocycles. The largest absolute Gasteiger partial charge is 0.289 e. The Kier molecular flexibility index (Phi) is 5.16. The molecular formula is C16H13NOS2. The Morgan fingerprint density at radius 3 is 2.65 bits per heavy atom. The minimum absolute atomic E-state index is 0.0644. The van der Waals surface area contributed by atoms with Crippen LogP contribution in [0.1, 0.15) is 21.8 Å². The van der Waals surface area contributed by atoms with Crippen molar-refractivity contribution in [3.05, 3.63) is 69.3 Å². The van der Waals surface area contributed by atoms with Crippen molar-refractivity contribution < 1.29 is 4.79 Å². The molecule has 0 aliphatic carbocycles. The van der Waals surface area contributed by atoms with E-state index in [-0.39, 0.29) is 11.7 Å². The molecule has 4 heteroatoms. The van der Waals surface area contributed by atoms with Gasteiger partial charge in [-0.05, 0) is 34.7 Å². The molecule has 0 fully saturated rings. The number of carbonyl (C=O) groups excluding carboxylic acids is 1. The summed E-state index contributed by atoms with van der Waals surface area (Å²) in [5.74, 6) is -0.436. The van der Waals surface area contributed by atoms with Gasteiger partial charge in [-0.2, -0.15) is 16.6 Å². The molecule has 0 amide bonds. The predicted molar refractivity (Wildman–Crippen MR) is 85.0 cm³/mol. The normalized spacial score (nSPS) is 12.7. The summed E-state index contributed by atoms with van der Waals surface area (Å²) in [6.07, 6.45) is 3.46. The first-order valence-corrected chi connectivity index (χ1v) is 8.19.